The van der Waals surface area contributed by atoms with Crippen LogP contribution in [0.4, 0.5) is 0 Å². The molecule has 0 saturated carbocycles. The Labute approximate surface area is 140 Å². The lowest BCUT2D eigenvalue weighted by Gasteiger charge is -2.27. The number of benzene rings is 1. The fourth-order valence-electron chi connectivity index (χ4n) is 2.41. The van der Waals surface area contributed by atoms with Crippen molar-refractivity contribution in [3.63, 3.8) is 0 Å². The molecule has 1 fully saturated rings. The number of hydrogen-bond acceptors (Lipinski definition) is 3. The lowest BCUT2D eigenvalue weighted by Crippen LogP contribution is -2.43. The Hall–Kier alpha value is -2.08. The van der Waals surface area contributed by atoms with Crippen molar-refractivity contribution in [2.75, 3.05) is 26.7 Å². The zero-order chi connectivity index (χ0) is 16.8. The minimum atomic E-state index is -0.280. The third-order valence-corrected chi connectivity index (χ3v) is 4.19. The molecule has 0 radical (unpaired) electrons. The van der Waals surface area contributed by atoms with Gasteiger partial charge in [-0.2, -0.15) is 0 Å². The molecule has 1 aliphatic rings. The number of likely N-dealkylation sites (tertiary alicyclic amines) is 1. The van der Waals surface area contributed by atoms with Crippen LogP contribution in [0.1, 0.15) is 23.2 Å². The van der Waals surface area contributed by atoms with Gasteiger partial charge in [-0.05, 0) is 18.6 Å². The molecule has 1 saturated heterocycles. The molecule has 0 aromatic heterocycles. The first-order chi connectivity index (χ1) is 11.0. The van der Waals surface area contributed by atoms with Gasteiger partial charge in [0, 0.05) is 39.0 Å². The van der Waals surface area contributed by atoms with Crippen molar-refractivity contribution >= 4 is 29.3 Å². The summed E-state index contributed by atoms with van der Waals surface area (Å²) in [7, 11) is 1.74. The minimum absolute atomic E-state index is 0.0107. The van der Waals surface area contributed by atoms with E-state index in [0.717, 1.165) is 0 Å². The molecule has 23 heavy (non-hydrogen) atoms. The maximum atomic E-state index is 12.0. The Kier molecular flexibility index (Phi) is 5.98. The SMILES string of the molecule is CN1CC[C@@H](C(=O)NCCNC(=O)c2ccccc2Cl)CC1=O. The number of carbonyl (C=O) groups is 3. The van der Waals surface area contributed by atoms with Gasteiger partial charge in [-0.15, -0.1) is 0 Å². The first-order valence-electron chi connectivity index (χ1n) is 7.53. The molecule has 1 heterocycles. The highest BCUT2D eigenvalue weighted by molar-refractivity contribution is 6.33. The molecule has 0 unspecified atom stereocenters. The summed E-state index contributed by atoms with van der Waals surface area (Å²) < 4.78 is 0. The zero-order valence-corrected chi connectivity index (χ0v) is 13.7. The van der Waals surface area contributed by atoms with Crippen LogP contribution < -0.4 is 10.6 Å². The van der Waals surface area contributed by atoms with Crippen LogP contribution >= 0.6 is 11.6 Å². The predicted octanol–water partition coefficient (Wildman–Crippen LogP) is 1.05. The van der Waals surface area contributed by atoms with Gasteiger partial charge in [0.1, 0.15) is 0 Å². The molecule has 0 aliphatic carbocycles. The first-order valence-corrected chi connectivity index (χ1v) is 7.91. The molecule has 124 valence electrons. The van der Waals surface area contributed by atoms with Gasteiger partial charge in [-0.3, -0.25) is 14.4 Å². The van der Waals surface area contributed by atoms with Crippen molar-refractivity contribution in [2.24, 2.45) is 5.92 Å². The molecule has 7 heteroatoms. The van der Waals surface area contributed by atoms with Crippen molar-refractivity contribution in [3.05, 3.63) is 34.9 Å². The largest absolute Gasteiger partial charge is 0.354 e. The first kappa shape index (κ1) is 17.3. The average molecular weight is 338 g/mol. The Bertz CT molecular complexity index is 606. The summed E-state index contributed by atoms with van der Waals surface area (Å²) in [4.78, 5) is 37.2. The molecular formula is C16H20ClN3O3. The lowest BCUT2D eigenvalue weighted by atomic mass is 9.96. The third kappa shape index (κ3) is 4.69. The molecule has 1 aromatic carbocycles. The molecule has 0 spiro atoms. The highest BCUT2D eigenvalue weighted by Crippen LogP contribution is 2.17. The maximum absolute atomic E-state index is 12.0. The molecular weight excluding hydrogens is 318 g/mol. The fourth-order valence-corrected chi connectivity index (χ4v) is 2.63. The van der Waals surface area contributed by atoms with Gasteiger partial charge in [0.25, 0.3) is 5.91 Å². The summed E-state index contributed by atoms with van der Waals surface area (Å²) in [6.07, 6.45) is 0.911. The van der Waals surface area contributed by atoms with Gasteiger partial charge in [-0.1, -0.05) is 23.7 Å². The molecule has 1 aromatic rings. The van der Waals surface area contributed by atoms with Gasteiger partial charge < -0.3 is 15.5 Å². The molecule has 2 N–H and O–H groups in total. The van der Waals surface area contributed by atoms with Crippen LogP contribution in [-0.2, 0) is 9.59 Å². The quantitative estimate of drug-likeness (QED) is 0.788. The number of hydrogen-bond donors (Lipinski definition) is 2. The molecule has 2 rings (SSSR count). The van der Waals surface area contributed by atoms with E-state index < -0.39 is 0 Å². The van der Waals surface area contributed by atoms with Gasteiger partial charge >= 0.3 is 0 Å². The van der Waals surface area contributed by atoms with Crippen LogP contribution in [0.15, 0.2) is 24.3 Å². The Morgan fingerprint density at radius 1 is 1.26 bits per heavy atom. The number of nitrogens with one attached hydrogen (secondary N) is 2. The van der Waals surface area contributed by atoms with Crippen LogP contribution in [0.2, 0.25) is 5.02 Å². The van der Waals surface area contributed by atoms with Crippen molar-refractivity contribution in [2.45, 2.75) is 12.8 Å². The molecule has 1 atom stereocenters. The maximum Gasteiger partial charge on any atom is 0.252 e. The highest BCUT2D eigenvalue weighted by Gasteiger charge is 2.28. The summed E-state index contributed by atoms with van der Waals surface area (Å²) in [6.45, 7) is 1.21. The average Bonchev–Trinajstić information content (AvgIpc) is 2.54. The van der Waals surface area contributed by atoms with Gasteiger partial charge in [0.05, 0.1) is 10.6 Å². The summed E-state index contributed by atoms with van der Waals surface area (Å²) >= 11 is 5.94. The Morgan fingerprint density at radius 3 is 2.65 bits per heavy atom. The fraction of sp³-hybridized carbons (Fsp3) is 0.438. The van der Waals surface area contributed by atoms with E-state index in [0.29, 0.717) is 36.6 Å². The second-order valence-electron chi connectivity index (χ2n) is 5.53. The summed E-state index contributed by atoms with van der Waals surface area (Å²) in [5, 5.41) is 5.84. The summed E-state index contributed by atoms with van der Waals surface area (Å²) in [5.74, 6) is -0.709. The Balaban J connectivity index is 1.71. The van der Waals surface area contributed by atoms with Gasteiger partial charge in [-0.25, -0.2) is 0 Å². The topological polar surface area (TPSA) is 78.5 Å². The minimum Gasteiger partial charge on any atom is -0.354 e. The number of carbonyl (C=O) groups excluding carboxylic acids is 3. The van der Waals surface area contributed by atoms with Crippen LogP contribution in [0.25, 0.3) is 0 Å². The monoisotopic (exact) mass is 337 g/mol. The molecule has 3 amide bonds. The highest BCUT2D eigenvalue weighted by atomic mass is 35.5. The third-order valence-electron chi connectivity index (χ3n) is 3.86. The second kappa shape index (κ2) is 7.97. The normalized spacial score (nSPS) is 17.7. The number of rotatable bonds is 5. The van der Waals surface area contributed by atoms with Crippen molar-refractivity contribution in [1.82, 2.24) is 15.5 Å². The Morgan fingerprint density at radius 2 is 1.96 bits per heavy atom. The van der Waals surface area contributed by atoms with Crippen LogP contribution in [0, 0.1) is 5.92 Å². The van der Waals surface area contributed by atoms with Crippen LogP contribution in [0.5, 0.6) is 0 Å². The molecule has 6 nitrogen and oxygen atoms in total. The smallest absolute Gasteiger partial charge is 0.252 e. The second-order valence-corrected chi connectivity index (χ2v) is 5.94. The molecule has 1 aliphatic heterocycles. The number of nitrogens with zero attached hydrogens (tertiary/aromatic N) is 1. The van der Waals surface area contributed by atoms with E-state index in [1.165, 1.54) is 0 Å². The predicted molar refractivity (Wildman–Crippen MR) is 87.2 cm³/mol. The van der Waals surface area contributed by atoms with Crippen LogP contribution in [0.3, 0.4) is 0 Å². The lowest BCUT2D eigenvalue weighted by molar-refractivity contribution is -0.139. The standard InChI is InChI=1S/C16H20ClN3O3/c1-20-9-6-11(10-14(20)21)15(22)18-7-8-19-16(23)12-4-2-3-5-13(12)17/h2-5,11H,6-10H2,1H3,(H,18,22)(H,19,23)/t11-/m1/s1. The van der Waals surface area contributed by atoms with Crippen molar-refractivity contribution < 1.29 is 14.4 Å². The zero-order valence-electron chi connectivity index (χ0n) is 13.0. The van der Waals surface area contributed by atoms with E-state index in [1.54, 1.807) is 36.2 Å². The van der Waals surface area contributed by atoms with E-state index in [2.05, 4.69) is 10.6 Å². The van der Waals surface area contributed by atoms with Crippen LogP contribution in [-0.4, -0.2) is 49.3 Å². The van der Waals surface area contributed by atoms with E-state index >= 15 is 0 Å². The molecule has 0 bridgehead atoms. The summed E-state index contributed by atoms with van der Waals surface area (Å²) in [6, 6.07) is 6.78. The van der Waals surface area contributed by atoms with E-state index in [4.69, 9.17) is 11.6 Å². The van der Waals surface area contributed by atoms with E-state index in [1.807, 2.05) is 0 Å². The van der Waals surface area contributed by atoms with Crippen molar-refractivity contribution in [3.8, 4) is 0 Å². The van der Waals surface area contributed by atoms with E-state index in [-0.39, 0.29) is 30.1 Å². The van der Waals surface area contributed by atoms with Gasteiger partial charge in [0.15, 0.2) is 0 Å². The van der Waals surface area contributed by atoms with Crippen molar-refractivity contribution in [1.29, 1.82) is 0 Å². The summed E-state index contributed by atoms with van der Waals surface area (Å²) in [5.41, 5.74) is 0.404. The number of piperidine rings is 1. The van der Waals surface area contributed by atoms with Gasteiger partial charge in [0.2, 0.25) is 11.8 Å². The van der Waals surface area contributed by atoms with E-state index in [9.17, 15) is 14.4 Å². The number of amides is 3. The number of halogens is 1.